The number of nitrogens with two attached hydrogens (primary N) is 3. The summed E-state index contributed by atoms with van der Waals surface area (Å²) in [4.78, 5) is 107. The number of aromatic hydroxyl groups is 1. The number of amides is 6. The number of hydrogen-bond donors (Lipinski definition) is 11. The molecule has 21 nitrogen and oxygen atoms in total. The van der Waals surface area contributed by atoms with Gasteiger partial charge < -0.3 is 63.9 Å². The zero-order chi connectivity index (χ0) is 45.4. The molecule has 14 N–H and O–H groups in total. The highest BCUT2D eigenvalue weighted by Crippen LogP contribution is 2.20. The van der Waals surface area contributed by atoms with Gasteiger partial charge in [0.25, 0.3) is 0 Å². The van der Waals surface area contributed by atoms with E-state index in [-0.39, 0.29) is 50.5 Å². The third-order valence-corrected chi connectivity index (χ3v) is 10.5. The molecule has 0 saturated carbocycles. The first-order chi connectivity index (χ1) is 28.8. The van der Waals surface area contributed by atoms with Crippen molar-refractivity contribution in [1.29, 1.82) is 0 Å². The van der Waals surface area contributed by atoms with Gasteiger partial charge in [-0.25, -0.2) is 9.78 Å². The van der Waals surface area contributed by atoms with Crippen LogP contribution in [-0.2, 0) is 46.4 Å². The standard InChI is InChI=1S/C40H62N12O9/c1-6-22(4)32(37(58)49-29(18-25-19-44-20-46-25)38(59)52-16-8-10-30(52)39(60)61)51-35(56)28(17-24-11-13-26(53)14-12-24)48-36(57)31(21(2)3)50-34(55)27(47-33(54)23(5)41)9-7-15-45-40(42)43/h11-14,19-23,27-32,53H,6-10,15-18,41H2,1-5H3,(H,44,46)(H,47,54)(H,48,57)(H,49,58)(H,50,55)(H,51,56)(H,60,61)(H4,42,43,45). The molecule has 2 aromatic rings. The SMILES string of the molecule is CCC(C)C(NC(=O)C(Cc1ccc(O)cc1)NC(=O)C(NC(=O)C(CCCN=C(N)N)NC(=O)C(C)N)C(C)C)C(=O)NC(Cc1cnc[nH]1)C(=O)N1CCCC1C(=O)O. The highest BCUT2D eigenvalue weighted by Gasteiger charge is 2.40. The number of aromatic amines is 1. The van der Waals surface area contributed by atoms with Gasteiger partial charge in [0.2, 0.25) is 35.4 Å². The number of phenols is 1. The third-order valence-electron chi connectivity index (χ3n) is 10.5. The maximum atomic E-state index is 14.3. The predicted molar refractivity (Wildman–Crippen MR) is 224 cm³/mol. The molecule has 3 rings (SSSR count). The molecule has 0 spiro atoms. The molecule has 21 heteroatoms. The fraction of sp³-hybridized carbons (Fsp3) is 0.575. The third kappa shape index (κ3) is 15.1. The lowest BCUT2D eigenvalue weighted by Crippen LogP contribution is -2.61. The van der Waals surface area contributed by atoms with Gasteiger partial charge in [-0.05, 0) is 62.1 Å². The number of H-pyrrole nitrogens is 1. The first-order valence-corrected chi connectivity index (χ1v) is 20.4. The average molecular weight is 855 g/mol. The Balaban J connectivity index is 1.90. The van der Waals surface area contributed by atoms with Crippen LogP contribution in [-0.4, -0.2) is 128 Å². The number of likely N-dealkylation sites (tertiary alicyclic amines) is 1. The first-order valence-electron chi connectivity index (χ1n) is 20.4. The number of rotatable bonds is 23. The minimum Gasteiger partial charge on any atom is -0.508 e. The molecule has 1 aliphatic heterocycles. The number of aliphatic carboxylic acids is 1. The number of aliphatic imine (C=N–C) groups is 1. The fourth-order valence-corrected chi connectivity index (χ4v) is 6.72. The molecule has 0 aliphatic carbocycles. The zero-order valence-electron chi connectivity index (χ0n) is 35.4. The van der Waals surface area contributed by atoms with Gasteiger partial charge >= 0.3 is 5.97 Å². The number of carboxylic acid groups (broad SMARTS) is 1. The maximum absolute atomic E-state index is 14.3. The molecule has 0 bridgehead atoms. The Kier molecular flexibility index (Phi) is 18.9. The van der Waals surface area contributed by atoms with Crippen LogP contribution in [0.25, 0.3) is 0 Å². The van der Waals surface area contributed by atoms with Crippen LogP contribution in [0.1, 0.15) is 78.0 Å². The highest BCUT2D eigenvalue weighted by atomic mass is 16.4. The largest absolute Gasteiger partial charge is 0.508 e. The summed E-state index contributed by atoms with van der Waals surface area (Å²) in [5, 5.41) is 33.2. The summed E-state index contributed by atoms with van der Waals surface area (Å²) in [7, 11) is 0. The number of phenolic OH excluding ortho intramolecular Hbond substituents is 1. The molecule has 1 saturated heterocycles. The molecule has 0 radical (unpaired) electrons. The predicted octanol–water partition coefficient (Wildman–Crippen LogP) is -1.50. The van der Waals surface area contributed by atoms with Crippen LogP contribution in [0.15, 0.2) is 41.8 Å². The Labute approximate surface area is 354 Å². The molecule has 1 aromatic carbocycles. The second-order valence-electron chi connectivity index (χ2n) is 15.7. The van der Waals surface area contributed by atoms with E-state index in [2.05, 4.69) is 41.5 Å². The van der Waals surface area contributed by atoms with Gasteiger partial charge in [-0.2, -0.15) is 0 Å². The highest BCUT2D eigenvalue weighted by molar-refractivity contribution is 5.97. The monoisotopic (exact) mass is 854 g/mol. The van der Waals surface area contributed by atoms with Crippen LogP contribution < -0.4 is 43.8 Å². The van der Waals surface area contributed by atoms with E-state index >= 15 is 0 Å². The Bertz CT molecular complexity index is 1830. The van der Waals surface area contributed by atoms with Gasteiger partial charge in [-0.3, -0.25) is 33.8 Å². The lowest BCUT2D eigenvalue weighted by Gasteiger charge is -2.31. The lowest BCUT2D eigenvalue weighted by molar-refractivity contribution is -0.149. The van der Waals surface area contributed by atoms with E-state index in [0.29, 0.717) is 30.5 Å². The van der Waals surface area contributed by atoms with Gasteiger partial charge in [0.1, 0.15) is 42.0 Å². The molecule has 1 fully saturated rings. The van der Waals surface area contributed by atoms with Crippen molar-refractivity contribution in [3.63, 3.8) is 0 Å². The van der Waals surface area contributed by atoms with Crippen LogP contribution >= 0.6 is 0 Å². The molecular weight excluding hydrogens is 793 g/mol. The average Bonchev–Trinajstić information content (AvgIpc) is 3.92. The number of nitrogens with zero attached hydrogens (tertiary/aromatic N) is 3. The smallest absolute Gasteiger partial charge is 0.326 e. The lowest BCUT2D eigenvalue weighted by atomic mass is 9.96. The summed E-state index contributed by atoms with van der Waals surface area (Å²) >= 11 is 0. The quantitative estimate of drug-likeness (QED) is 0.0345. The van der Waals surface area contributed by atoms with Gasteiger partial charge in [0, 0.05) is 37.8 Å². The minimum atomic E-state index is -1.33. The van der Waals surface area contributed by atoms with Crippen molar-refractivity contribution in [2.24, 2.45) is 34.0 Å². The first kappa shape index (κ1) is 49.1. The van der Waals surface area contributed by atoms with Crippen LogP contribution in [0.5, 0.6) is 5.75 Å². The Hall–Kier alpha value is -6.25. The van der Waals surface area contributed by atoms with Crippen molar-refractivity contribution in [3.05, 3.63) is 48.0 Å². The van der Waals surface area contributed by atoms with E-state index in [1.54, 1.807) is 32.9 Å². The molecule has 2 heterocycles. The normalized spacial score (nSPS) is 17.1. The van der Waals surface area contributed by atoms with Crippen LogP contribution in [0, 0.1) is 11.8 Å². The number of aromatic nitrogens is 2. The van der Waals surface area contributed by atoms with Crippen LogP contribution in [0.4, 0.5) is 0 Å². The number of guanidine groups is 1. The second-order valence-corrected chi connectivity index (χ2v) is 15.7. The summed E-state index contributed by atoms with van der Waals surface area (Å²) in [6.45, 7) is 8.71. The number of carboxylic acids is 1. The van der Waals surface area contributed by atoms with Gasteiger partial charge in [0.05, 0.1) is 12.4 Å². The minimum absolute atomic E-state index is 0.0308. The number of carbonyl (C=O) groups is 7. The summed E-state index contributed by atoms with van der Waals surface area (Å²) in [5.74, 6) is -6.46. The summed E-state index contributed by atoms with van der Waals surface area (Å²) in [5.41, 5.74) is 17.6. The number of imidazole rings is 1. The molecule has 8 atom stereocenters. The molecule has 61 heavy (non-hydrogen) atoms. The van der Waals surface area contributed by atoms with Crippen molar-refractivity contribution in [2.45, 2.75) is 122 Å². The molecule has 8 unspecified atom stereocenters. The molecule has 1 aliphatic rings. The Morgan fingerprint density at radius 2 is 1.46 bits per heavy atom. The van der Waals surface area contributed by atoms with Crippen molar-refractivity contribution in [1.82, 2.24) is 41.5 Å². The van der Waals surface area contributed by atoms with E-state index in [0.717, 1.165) is 0 Å². The Morgan fingerprint density at radius 1 is 0.852 bits per heavy atom. The molecule has 1 aromatic heterocycles. The van der Waals surface area contributed by atoms with E-state index in [1.807, 2.05) is 6.92 Å². The van der Waals surface area contributed by atoms with Crippen molar-refractivity contribution in [3.8, 4) is 5.75 Å². The van der Waals surface area contributed by atoms with Gasteiger partial charge in [0.15, 0.2) is 5.96 Å². The van der Waals surface area contributed by atoms with Crippen molar-refractivity contribution in [2.75, 3.05) is 13.1 Å². The van der Waals surface area contributed by atoms with Gasteiger partial charge in [-0.15, -0.1) is 0 Å². The Morgan fingerprint density at radius 3 is 2.03 bits per heavy atom. The van der Waals surface area contributed by atoms with Crippen molar-refractivity contribution >= 4 is 47.4 Å². The summed E-state index contributed by atoms with van der Waals surface area (Å²) in [6.07, 6.45) is 4.29. The molecule has 336 valence electrons. The maximum Gasteiger partial charge on any atom is 0.326 e. The molecular formula is C40H62N12O9. The van der Waals surface area contributed by atoms with E-state index in [9.17, 15) is 43.8 Å². The van der Waals surface area contributed by atoms with E-state index in [4.69, 9.17) is 17.2 Å². The van der Waals surface area contributed by atoms with E-state index in [1.165, 1.54) is 36.5 Å². The fourth-order valence-electron chi connectivity index (χ4n) is 6.72. The zero-order valence-corrected chi connectivity index (χ0v) is 35.4. The van der Waals surface area contributed by atoms with Crippen LogP contribution in [0.2, 0.25) is 0 Å². The van der Waals surface area contributed by atoms with Crippen LogP contribution in [0.3, 0.4) is 0 Å². The topological polar surface area (TPSA) is 342 Å². The number of nitrogens with one attached hydrogen (secondary N) is 6. The van der Waals surface area contributed by atoms with E-state index < -0.39 is 95.5 Å². The van der Waals surface area contributed by atoms with Crippen molar-refractivity contribution < 1.29 is 43.8 Å². The number of benzene rings is 1. The molecule has 6 amide bonds. The summed E-state index contributed by atoms with van der Waals surface area (Å²) in [6, 6.07) is -2.14. The summed E-state index contributed by atoms with van der Waals surface area (Å²) < 4.78 is 0. The number of carbonyl (C=O) groups excluding carboxylic acids is 6. The number of hydrogen-bond acceptors (Lipinski definition) is 11. The van der Waals surface area contributed by atoms with Gasteiger partial charge in [-0.1, -0.05) is 46.2 Å². The second kappa shape index (κ2) is 23.5.